The summed E-state index contributed by atoms with van der Waals surface area (Å²) in [5, 5.41) is 9.80. The second kappa shape index (κ2) is 10.4. The van der Waals surface area contributed by atoms with E-state index in [-0.39, 0.29) is 12.4 Å². The van der Waals surface area contributed by atoms with E-state index in [1.807, 2.05) is 67.3 Å². The minimum absolute atomic E-state index is 0.0102. The topological polar surface area (TPSA) is 96.7 Å². The van der Waals surface area contributed by atoms with Gasteiger partial charge in [-0.2, -0.15) is 0 Å². The fraction of sp³-hybridized carbons (Fsp3) is 0.261. The number of imidazole rings is 1. The number of benzene rings is 2. The molecule has 1 aromatic heterocycles. The molecule has 0 saturated carbocycles. The maximum absolute atomic E-state index is 12.2. The van der Waals surface area contributed by atoms with Gasteiger partial charge in [-0.15, -0.1) is 0 Å². The lowest BCUT2D eigenvalue weighted by Crippen LogP contribution is -2.31. The average Bonchev–Trinajstić information content (AvgIpc) is 3.25. The van der Waals surface area contributed by atoms with E-state index in [2.05, 4.69) is 15.2 Å². The average molecular weight is 422 g/mol. The number of rotatable bonds is 6. The lowest BCUT2D eigenvalue weighted by molar-refractivity contribution is -0.122. The van der Waals surface area contributed by atoms with Gasteiger partial charge in [-0.3, -0.25) is 14.2 Å². The highest BCUT2D eigenvalue weighted by molar-refractivity contribution is 5.97. The summed E-state index contributed by atoms with van der Waals surface area (Å²) in [6, 6.07) is 14.0. The van der Waals surface area contributed by atoms with Crippen molar-refractivity contribution in [3.05, 3.63) is 66.0 Å². The Balaban J connectivity index is 0.000000858. The van der Waals surface area contributed by atoms with Gasteiger partial charge < -0.3 is 20.1 Å². The first-order valence-corrected chi connectivity index (χ1v) is 9.94. The molecule has 31 heavy (non-hydrogen) atoms. The summed E-state index contributed by atoms with van der Waals surface area (Å²) in [5.74, 6) is 1.66. The van der Waals surface area contributed by atoms with Crippen molar-refractivity contribution in [2.45, 2.75) is 6.42 Å². The quantitative estimate of drug-likeness (QED) is 0.593. The number of carbonyl (C=O) groups is 2. The van der Waals surface area contributed by atoms with Crippen molar-refractivity contribution in [3.63, 3.8) is 0 Å². The highest BCUT2D eigenvalue weighted by Crippen LogP contribution is 2.26. The van der Waals surface area contributed by atoms with Crippen molar-refractivity contribution in [3.8, 4) is 22.8 Å². The van der Waals surface area contributed by atoms with Gasteiger partial charge in [0.1, 0.15) is 18.2 Å². The van der Waals surface area contributed by atoms with Crippen LogP contribution in [0.1, 0.15) is 15.9 Å². The molecule has 0 atom stereocenters. The number of amides is 1. The SMILES string of the molecule is CN(C)CCOc1ccc(-c2nccn2-c2ccc3c(c2)C(=O)NCC3)cc1.O=CO. The Morgan fingerprint density at radius 2 is 1.97 bits per heavy atom. The second-order valence-electron chi connectivity index (χ2n) is 7.25. The number of likely N-dealkylation sites (N-methyl/N-ethyl adjacent to an activating group) is 1. The van der Waals surface area contributed by atoms with Crippen molar-refractivity contribution < 1.29 is 19.4 Å². The molecular formula is C23H26N4O4. The van der Waals surface area contributed by atoms with E-state index < -0.39 is 0 Å². The molecule has 0 bridgehead atoms. The molecule has 162 valence electrons. The van der Waals surface area contributed by atoms with Gasteiger partial charge in [-0.05, 0) is 62.5 Å². The lowest BCUT2D eigenvalue weighted by Gasteiger charge is -2.18. The van der Waals surface area contributed by atoms with Crippen molar-refractivity contribution in [2.75, 3.05) is 33.8 Å². The summed E-state index contributed by atoms with van der Waals surface area (Å²) in [7, 11) is 4.05. The van der Waals surface area contributed by atoms with Gasteiger partial charge in [0.15, 0.2) is 0 Å². The highest BCUT2D eigenvalue weighted by Gasteiger charge is 2.18. The van der Waals surface area contributed by atoms with Gasteiger partial charge in [0.2, 0.25) is 0 Å². The summed E-state index contributed by atoms with van der Waals surface area (Å²) in [6.07, 6.45) is 4.56. The Labute approximate surface area is 181 Å². The zero-order valence-electron chi connectivity index (χ0n) is 17.6. The summed E-state index contributed by atoms with van der Waals surface area (Å²) >= 11 is 0. The summed E-state index contributed by atoms with van der Waals surface area (Å²) in [4.78, 5) is 27.1. The van der Waals surface area contributed by atoms with Crippen LogP contribution in [0.3, 0.4) is 0 Å². The van der Waals surface area contributed by atoms with Crippen LogP contribution in [-0.4, -0.2) is 65.7 Å². The molecule has 0 saturated heterocycles. The largest absolute Gasteiger partial charge is 0.492 e. The van der Waals surface area contributed by atoms with Gasteiger partial charge in [-0.25, -0.2) is 4.98 Å². The first-order valence-electron chi connectivity index (χ1n) is 9.94. The van der Waals surface area contributed by atoms with Crippen LogP contribution in [0.5, 0.6) is 5.75 Å². The fourth-order valence-corrected chi connectivity index (χ4v) is 3.32. The first-order chi connectivity index (χ1) is 15.0. The summed E-state index contributed by atoms with van der Waals surface area (Å²) in [6.45, 7) is 1.97. The van der Waals surface area contributed by atoms with E-state index in [9.17, 15) is 4.79 Å². The third-order valence-corrected chi connectivity index (χ3v) is 4.86. The molecule has 0 aliphatic carbocycles. The van der Waals surface area contributed by atoms with Crippen molar-refractivity contribution in [1.82, 2.24) is 19.8 Å². The monoisotopic (exact) mass is 422 g/mol. The molecule has 2 N–H and O–H groups in total. The Hall–Kier alpha value is -3.65. The fourth-order valence-electron chi connectivity index (χ4n) is 3.32. The number of fused-ring (bicyclic) bond motifs is 1. The van der Waals surface area contributed by atoms with Crippen LogP contribution in [0, 0.1) is 0 Å². The molecule has 0 radical (unpaired) electrons. The van der Waals surface area contributed by atoms with Gasteiger partial charge >= 0.3 is 0 Å². The van der Waals surface area contributed by atoms with Crippen LogP contribution in [0.2, 0.25) is 0 Å². The highest BCUT2D eigenvalue weighted by atomic mass is 16.5. The van der Waals surface area contributed by atoms with Crippen LogP contribution in [0.15, 0.2) is 54.9 Å². The van der Waals surface area contributed by atoms with Crippen LogP contribution in [0.25, 0.3) is 17.1 Å². The number of carboxylic acid groups (broad SMARTS) is 1. The number of nitrogens with zero attached hydrogens (tertiary/aromatic N) is 3. The third kappa shape index (κ3) is 5.49. The maximum atomic E-state index is 12.2. The van der Waals surface area contributed by atoms with Crippen LogP contribution < -0.4 is 10.1 Å². The minimum atomic E-state index is -0.250. The number of hydrogen-bond donors (Lipinski definition) is 2. The molecule has 1 aliphatic heterocycles. The van der Waals surface area contributed by atoms with E-state index in [0.29, 0.717) is 13.2 Å². The normalized spacial score (nSPS) is 12.4. The molecule has 2 aromatic carbocycles. The third-order valence-electron chi connectivity index (χ3n) is 4.86. The van der Waals surface area contributed by atoms with E-state index >= 15 is 0 Å². The van der Waals surface area contributed by atoms with E-state index in [1.54, 1.807) is 6.20 Å². The number of aromatic nitrogens is 2. The zero-order valence-corrected chi connectivity index (χ0v) is 17.6. The molecule has 0 unspecified atom stereocenters. The van der Waals surface area contributed by atoms with Crippen LogP contribution in [0.4, 0.5) is 0 Å². The second-order valence-corrected chi connectivity index (χ2v) is 7.25. The van der Waals surface area contributed by atoms with Gasteiger partial charge in [0.05, 0.1) is 0 Å². The Morgan fingerprint density at radius 3 is 2.68 bits per heavy atom. The van der Waals surface area contributed by atoms with Crippen molar-refractivity contribution >= 4 is 12.4 Å². The van der Waals surface area contributed by atoms with E-state index in [1.165, 1.54) is 0 Å². The molecular weight excluding hydrogens is 396 g/mol. The molecule has 1 aliphatic rings. The van der Waals surface area contributed by atoms with Gasteiger partial charge in [0, 0.05) is 42.3 Å². The molecule has 2 heterocycles. The number of hydrogen-bond acceptors (Lipinski definition) is 5. The number of carbonyl (C=O) groups excluding carboxylic acids is 1. The Kier molecular flexibility index (Phi) is 7.40. The molecule has 3 aromatic rings. The first kappa shape index (κ1) is 22.0. The predicted octanol–water partition coefficient (Wildman–Crippen LogP) is 2.47. The van der Waals surface area contributed by atoms with Gasteiger partial charge in [0.25, 0.3) is 12.4 Å². The van der Waals surface area contributed by atoms with Crippen molar-refractivity contribution in [2.24, 2.45) is 0 Å². The molecule has 0 spiro atoms. The number of ether oxygens (including phenoxy) is 1. The Bertz CT molecular complexity index is 1030. The molecule has 8 heteroatoms. The number of nitrogens with one attached hydrogen (secondary N) is 1. The summed E-state index contributed by atoms with van der Waals surface area (Å²) in [5.41, 5.74) is 3.75. The van der Waals surface area contributed by atoms with Gasteiger partial charge in [-0.1, -0.05) is 6.07 Å². The molecule has 1 amide bonds. The molecule has 8 nitrogen and oxygen atoms in total. The smallest absolute Gasteiger partial charge is 0.290 e. The minimum Gasteiger partial charge on any atom is -0.492 e. The molecule has 4 rings (SSSR count). The maximum Gasteiger partial charge on any atom is 0.290 e. The standard InChI is InChI=1S/C22H24N4O2.CH2O2/c1-25(2)13-14-28-19-7-4-17(5-8-19)21-23-11-12-26(21)18-6-3-16-9-10-24-22(27)20(16)15-18;2-1-3/h3-8,11-12,15H,9-10,13-14H2,1-2H3,(H,24,27);1H,(H,2,3). The molecule has 0 fully saturated rings. The van der Waals surface area contributed by atoms with Crippen LogP contribution >= 0.6 is 0 Å². The van der Waals surface area contributed by atoms with E-state index in [0.717, 1.165) is 46.9 Å². The zero-order chi connectivity index (χ0) is 22.2. The predicted molar refractivity (Wildman–Crippen MR) is 118 cm³/mol. The summed E-state index contributed by atoms with van der Waals surface area (Å²) < 4.78 is 7.77. The Morgan fingerprint density at radius 1 is 1.23 bits per heavy atom. The van der Waals surface area contributed by atoms with Crippen LogP contribution in [-0.2, 0) is 11.2 Å². The lowest BCUT2D eigenvalue weighted by atomic mass is 9.99. The van der Waals surface area contributed by atoms with Crippen molar-refractivity contribution in [1.29, 1.82) is 0 Å². The van der Waals surface area contributed by atoms with E-state index in [4.69, 9.17) is 14.6 Å².